The average molecular weight is 283 g/mol. The van der Waals surface area contributed by atoms with Crippen LogP contribution in [0.4, 0.5) is 5.95 Å². The average Bonchev–Trinajstić information content (AvgIpc) is 2.69. The molecule has 0 atom stereocenters. The van der Waals surface area contributed by atoms with Crippen LogP contribution in [-0.2, 0) is 5.75 Å². The summed E-state index contributed by atoms with van der Waals surface area (Å²) in [4.78, 5) is 0. The van der Waals surface area contributed by atoms with Crippen molar-refractivity contribution in [3.05, 3.63) is 34.9 Å². The van der Waals surface area contributed by atoms with Crippen molar-refractivity contribution in [1.29, 1.82) is 0 Å². The number of nitrogen functional groups attached to an aromatic ring is 1. The molecule has 0 saturated carbocycles. The Labute approximate surface area is 116 Å². The van der Waals surface area contributed by atoms with E-state index in [9.17, 15) is 0 Å². The molecule has 0 saturated heterocycles. The highest BCUT2D eigenvalue weighted by atomic mass is 35.5. The van der Waals surface area contributed by atoms with Crippen LogP contribution in [0.15, 0.2) is 29.4 Å². The van der Waals surface area contributed by atoms with E-state index in [0.717, 1.165) is 21.5 Å². The zero-order valence-electron chi connectivity index (χ0n) is 10.3. The number of thioether (sulfide) groups is 1. The van der Waals surface area contributed by atoms with E-state index in [-0.39, 0.29) is 6.04 Å². The Morgan fingerprint density at radius 3 is 2.72 bits per heavy atom. The Hall–Kier alpha value is -1.20. The molecule has 0 bridgehead atoms. The van der Waals surface area contributed by atoms with Crippen LogP contribution in [-0.4, -0.2) is 14.8 Å². The van der Waals surface area contributed by atoms with Crippen molar-refractivity contribution in [2.24, 2.45) is 0 Å². The molecule has 0 aliphatic rings. The van der Waals surface area contributed by atoms with E-state index in [1.807, 2.05) is 28.8 Å². The van der Waals surface area contributed by atoms with E-state index in [1.54, 1.807) is 11.8 Å². The van der Waals surface area contributed by atoms with Gasteiger partial charge in [-0.05, 0) is 25.5 Å². The molecule has 0 amide bonds. The van der Waals surface area contributed by atoms with Crippen LogP contribution in [0.2, 0.25) is 5.02 Å². The monoisotopic (exact) mass is 282 g/mol. The lowest BCUT2D eigenvalue weighted by atomic mass is 10.2. The predicted molar refractivity (Wildman–Crippen MR) is 75.8 cm³/mol. The topological polar surface area (TPSA) is 56.7 Å². The second-order valence-electron chi connectivity index (χ2n) is 4.18. The first-order chi connectivity index (χ1) is 8.59. The minimum Gasteiger partial charge on any atom is -0.368 e. The highest BCUT2D eigenvalue weighted by molar-refractivity contribution is 7.98. The Bertz CT molecular complexity index is 539. The maximum Gasteiger partial charge on any atom is 0.222 e. The van der Waals surface area contributed by atoms with E-state index in [0.29, 0.717) is 5.95 Å². The molecular weight excluding hydrogens is 268 g/mol. The summed E-state index contributed by atoms with van der Waals surface area (Å²) >= 11 is 7.71. The predicted octanol–water partition coefficient (Wildman–Crippen LogP) is 3.39. The summed E-state index contributed by atoms with van der Waals surface area (Å²) < 4.78 is 1.92. The minimum absolute atomic E-state index is 0.244. The van der Waals surface area contributed by atoms with Crippen LogP contribution in [0.25, 0.3) is 0 Å². The number of nitrogens with two attached hydrogens (primary N) is 1. The van der Waals surface area contributed by atoms with Crippen LogP contribution in [0.1, 0.15) is 25.5 Å². The van der Waals surface area contributed by atoms with Crippen molar-refractivity contribution in [1.82, 2.24) is 14.8 Å². The van der Waals surface area contributed by atoms with Gasteiger partial charge >= 0.3 is 0 Å². The highest BCUT2D eigenvalue weighted by Gasteiger charge is 2.13. The third-order valence-electron chi connectivity index (χ3n) is 2.52. The molecule has 1 aromatic carbocycles. The largest absolute Gasteiger partial charge is 0.368 e. The van der Waals surface area contributed by atoms with Gasteiger partial charge < -0.3 is 5.73 Å². The van der Waals surface area contributed by atoms with Crippen LogP contribution in [0.3, 0.4) is 0 Å². The summed E-state index contributed by atoms with van der Waals surface area (Å²) in [5, 5.41) is 9.59. The lowest BCUT2D eigenvalue weighted by Crippen LogP contribution is -2.07. The van der Waals surface area contributed by atoms with Crippen molar-refractivity contribution in [2.45, 2.75) is 30.8 Å². The molecule has 1 heterocycles. The Kier molecular flexibility index (Phi) is 4.14. The summed E-state index contributed by atoms with van der Waals surface area (Å²) in [7, 11) is 0. The third kappa shape index (κ3) is 2.79. The van der Waals surface area contributed by atoms with E-state index >= 15 is 0 Å². The standard InChI is InChI=1S/C12H15ClN4S/c1-8(2)17-11(14)15-16-12(17)18-7-9-5-3-4-6-10(9)13/h3-6,8H,7H2,1-2H3,(H2,14,15). The van der Waals surface area contributed by atoms with Gasteiger partial charge in [-0.25, -0.2) is 0 Å². The maximum absolute atomic E-state index is 6.12. The smallest absolute Gasteiger partial charge is 0.222 e. The van der Waals surface area contributed by atoms with Gasteiger partial charge in [0.15, 0.2) is 5.16 Å². The fourth-order valence-corrected chi connectivity index (χ4v) is 2.99. The molecular formula is C12H15ClN4S. The van der Waals surface area contributed by atoms with Crippen LogP contribution >= 0.6 is 23.4 Å². The SMILES string of the molecule is CC(C)n1c(N)nnc1SCc1ccccc1Cl. The number of benzene rings is 1. The zero-order chi connectivity index (χ0) is 13.1. The molecule has 2 rings (SSSR count). The van der Waals surface area contributed by atoms with E-state index < -0.39 is 0 Å². The van der Waals surface area contributed by atoms with Gasteiger partial charge in [-0.1, -0.05) is 41.6 Å². The van der Waals surface area contributed by atoms with Crippen molar-refractivity contribution in [3.8, 4) is 0 Å². The molecule has 6 heteroatoms. The molecule has 4 nitrogen and oxygen atoms in total. The summed E-state index contributed by atoms with van der Waals surface area (Å²) in [6.45, 7) is 4.11. The van der Waals surface area contributed by atoms with Gasteiger partial charge in [0.1, 0.15) is 0 Å². The number of nitrogens with zero attached hydrogens (tertiary/aromatic N) is 3. The lowest BCUT2D eigenvalue weighted by molar-refractivity contribution is 0.557. The molecule has 0 aliphatic heterocycles. The number of anilines is 1. The Balaban J connectivity index is 2.14. The van der Waals surface area contributed by atoms with E-state index in [2.05, 4.69) is 24.0 Å². The molecule has 0 fully saturated rings. The van der Waals surface area contributed by atoms with Gasteiger partial charge in [-0.2, -0.15) is 0 Å². The van der Waals surface area contributed by atoms with Crippen molar-refractivity contribution < 1.29 is 0 Å². The lowest BCUT2D eigenvalue weighted by Gasteiger charge is -2.11. The highest BCUT2D eigenvalue weighted by Crippen LogP contribution is 2.28. The maximum atomic E-state index is 6.12. The molecule has 0 aliphatic carbocycles. The van der Waals surface area contributed by atoms with Crippen molar-refractivity contribution in [2.75, 3.05) is 5.73 Å². The first kappa shape index (κ1) is 13.2. The summed E-state index contributed by atoms with van der Waals surface area (Å²) in [5.41, 5.74) is 6.88. The normalized spacial score (nSPS) is 11.1. The second-order valence-corrected chi connectivity index (χ2v) is 5.53. The number of rotatable bonds is 4. The van der Waals surface area contributed by atoms with Crippen molar-refractivity contribution >= 4 is 29.3 Å². The molecule has 18 heavy (non-hydrogen) atoms. The number of halogens is 1. The fraction of sp³-hybridized carbons (Fsp3) is 0.333. The molecule has 0 radical (unpaired) electrons. The first-order valence-corrected chi connectivity index (χ1v) is 7.02. The summed E-state index contributed by atoms with van der Waals surface area (Å²) in [6.07, 6.45) is 0. The van der Waals surface area contributed by atoms with E-state index in [4.69, 9.17) is 17.3 Å². The second kappa shape index (κ2) is 5.63. The molecule has 0 unspecified atom stereocenters. The Morgan fingerprint density at radius 2 is 2.06 bits per heavy atom. The van der Waals surface area contributed by atoms with Crippen LogP contribution in [0, 0.1) is 0 Å². The molecule has 0 spiro atoms. The number of hydrogen-bond donors (Lipinski definition) is 1. The van der Waals surface area contributed by atoms with Crippen molar-refractivity contribution in [3.63, 3.8) is 0 Å². The summed E-state index contributed by atoms with van der Waals surface area (Å²) in [5.74, 6) is 1.21. The van der Waals surface area contributed by atoms with Gasteiger partial charge in [0, 0.05) is 16.8 Å². The number of aromatic nitrogens is 3. The van der Waals surface area contributed by atoms with Gasteiger partial charge in [0.2, 0.25) is 5.95 Å². The quantitative estimate of drug-likeness (QED) is 0.874. The molecule has 1 aromatic heterocycles. The molecule has 96 valence electrons. The molecule has 2 aromatic rings. The third-order valence-corrected chi connectivity index (χ3v) is 3.88. The Morgan fingerprint density at radius 1 is 1.33 bits per heavy atom. The van der Waals surface area contributed by atoms with Gasteiger partial charge in [0.05, 0.1) is 0 Å². The first-order valence-electron chi connectivity index (χ1n) is 5.66. The van der Waals surface area contributed by atoms with Gasteiger partial charge in [0.25, 0.3) is 0 Å². The van der Waals surface area contributed by atoms with E-state index in [1.165, 1.54) is 0 Å². The molecule has 2 N–H and O–H groups in total. The zero-order valence-corrected chi connectivity index (χ0v) is 11.9. The number of hydrogen-bond acceptors (Lipinski definition) is 4. The van der Waals surface area contributed by atoms with Crippen LogP contribution in [0.5, 0.6) is 0 Å². The minimum atomic E-state index is 0.244. The van der Waals surface area contributed by atoms with Crippen LogP contribution < -0.4 is 5.73 Å². The summed E-state index contributed by atoms with van der Waals surface area (Å²) in [6, 6.07) is 8.04. The van der Waals surface area contributed by atoms with Gasteiger partial charge in [-0.15, -0.1) is 10.2 Å². The van der Waals surface area contributed by atoms with Gasteiger partial charge in [-0.3, -0.25) is 4.57 Å². The fourth-order valence-electron chi connectivity index (χ4n) is 1.63.